The molecule has 0 heterocycles. The first-order valence-electron chi connectivity index (χ1n) is 6.97. The number of nitrogens with zero attached hydrogens (tertiary/aromatic N) is 1. The minimum atomic E-state index is -4.13. The van der Waals surface area contributed by atoms with Gasteiger partial charge in [-0.25, -0.2) is 0 Å². The predicted octanol–water partition coefficient (Wildman–Crippen LogP) is 3.81. The van der Waals surface area contributed by atoms with E-state index in [0.29, 0.717) is 10.9 Å². The van der Waals surface area contributed by atoms with E-state index in [1.807, 2.05) is 24.3 Å². The highest BCUT2D eigenvalue weighted by Gasteiger charge is 2.29. The molecule has 0 N–H and O–H groups in total. The molecule has 0 aromatic heterocycles. The third-order valence-electron chi connectivity index (χ3n) is 3.46. The summed E-state index contributed by atoms with van der Waals surface area (Å²) in [4.78, 5) is 0. The summed E-state index contributed by atoms with van der Waals surface area (Å²) in [5.74, 6) is 0.222. The van der Waals surface area contributed by atoms with Gasteiger partial charge in [0.15, 0.2) is 0 Å². The zero-order chi connectivity index (χ0) is 16.3. The third-order valence-corrected chi connectivity index (χ3v) is 4.83. The van der Waals surface area contributed by atoms with Crippen molar-refractivity contribution in [2.24, 2.45) is 0 Å². The van der Waals surface area contributed by atoms with Crippen molar-refractivity contribution in [3.05, 3.63) is 78.4 Å². The molecule has 0 saturated carbocycles. The maximum absolute atomic E-state index is 12.5. The van der Waals surface area contributed by atoms with Crippen LogP contribution in [0.1, 0.15) is 10.8 Å². The van der Waals surface area contributed by atoms with Crippen LogP contribution in [0, 0.1) is 11.3 Å². The number of fused-ring (bicyclic) bond motifs is 1. The highest BCUT2D eigenvalue weighted by atomic mass is 32.2. The molecule has 0 amide bonds. The van der Waals surface area contributed by atoms with Gasteiger partial charge in [0.1, 0.15) is 5.75 Å². The van der Waals surface area contributed by atoms with Crippen LogP contribution in [0.15, 0.2) is 72.8 Å². The fraction of sp³-hybridized carbons (Fsp3) is 0.0556. The van der Waals surface area contributed by atoms with Gasteiger partial charge >= 0.3 is 10.1 Å². The molecule has 0 aliphatic carbocycles. The smallest absolute Gasteiger partial charge is 0.330 e. The number of hydrogen-bond acceptors (Lipinski definition) is 4. The molecular weight excluding hydrogens is 310 g/mol. The molecule has 0 aliphatic rings. The average molecular weight is 323 g/mol. The lowest BCUT2D eigenvalue weighted by molar-refractivity contribution is 0.483. The molecule has 3 rings (SSSR count). The van der Waals surface area contributed by atoms with E-state index in [2.05, 4.69) is 0 Å². The molecule has 0 radical (unpaired) electrons. The molecule has 23 heavy (non-hydrogen) atoms. The summed E-state index contributed by atoms with van der Waals surface area (Å²) in [6.07, 6.45) is 0. The Bertz CT molecular complexity index is 971. The summed E-state index contributed by atoms with van der Waals surface area (Å²) in [7, 11) is -4.13. The molecule has 3 aromatic rings. The fourth-order valence-corrected chi connectivity index (χ4v) is 3.49. The second-order valence-corrected chi connectivity index (χ2v) is 6.60. The van der Waals surface area contributed by atoms with Crippen LogP contribution in [0.25, 0.3) is 10.8 Å². The molecule has 0 spiro atoms. The van der Waals surface area contributed by atoms with E-state index < -0.39 is 15.4 Å². The van der Waals surface area contributed by atoms with Crippen molar-refractivity contribution in [1.82, 2.24) is 0 Å². The number of benzene rings is 3. The first-order valence-corrected chi connectivity index (χ1v) is 8.44. The largest absolute Gasteiger partial charge is 0.381 e. The molecule has 4 nitrogen and oxygen atoms in total. The van der Waals surface area contributed by atoms with E-state index in [0.717, 1.165) is 5.39 Å². The number of rotatable bonds is 4. The molecule has 0 saturated heterocycles. The van der Waals surface area contributed by atoms with Crippen LogP contribution in [0.5, 0.6) is 5.75 Å². The lowest BCUT2D eigenvalue weighted by Gasteiger charge is -2.13. The predicted molar refractivity (Wildman–Crippen MR) is 88.3 cm³/mol. The molecule has 0 bridgehead atoms. The standard InChI is InChI=1S/C18H13NO3S/c19-13-18(15-8-2-1-3-9-15)23(20,21)22-17-12-6-10-14-7-4-5-11-16(14)17/h1-12,18H. The van der Waals surface area contributed by atoms with Crippen molar-refractivity contribution in [3.63, 3.8) is 0 Å². The monoisotopic (exact) mass is 323 g/mol. The van der Waals surface area contributed by atoms with Crippen LogP contribution in [0.2, 0.25) is 0 Å². The Morgan fingerprint density at radius 3 is 2.26 bits per heavy atom. The van der Waals surface area contributed by atoms with Gasteiger partial charge in [-0.3, -0.25) is 0 Å². The Labute approximate surface area is 134 Å². The highest BCUT2D eigenvalue weighted by molar-refractivity contribution is 7.87. The quantitative estimate of drug-likeness (QED) is 0.685. The number of hydrogen-bond donors (Lipinski definition) is 0. The van der Waals surface area contributed by atoms with Crippen molar-refractivity contribution in [2.45, 2.75) is 5.25 Å². The van der Waals surface area contributed by atoms with Crippen LogP contribution < -0.4 is 4.18 Å². The maximum atomic E-state index is 12.5. The SMILES string of the molecule is N#CC(c1ccccc1)S(=O)(=O)Oc1cccc2ccccc12. The van der Waals surface area contributed by atoms with Gasteiger partial charge in [0, 0.05) is 5.39 Å². The second kappa shape index (κ2) is 6.11. The Morgan fingerprint density at radius 2 is 1.52 bits per heavy atom. The highest BCUT2D eigenvalue weighted by Crippen LogP contribution is 2.30. The van der Waals surface area contributed by atoms with Crippen molar-refractivity contribution < 1.29 is 12.6 Å². The Morgan fingerprint density at radius 1 is 0.870 bits per heavy atom. The maximum Gasteiger partial charge on any atom is 0.330 e. The Balaban J connectivity index is 2.02. The van der Waals surface area contributed by atoms with E-state index >= 15 is 0 Å². The van der Waals surface area contributed by atoms with Crippen LogP contribution in [-0.4, -0.2) is 8.42 Å². The molecular formula is C18H13NO3S. The van der Waals surface area contributed by atoms with Crippen molar-refractivity contribution >= 4 is 20.9 Å². The third kappa shape index (κ3) is 3.03. The first kappa shape index (κ1) is 15.1. The van der Waals surface area contributed by atoms with E-state index in [1.165, 1.54) is 0 Å². The molecule has 5 heteroatoms. The van der Waals surface area contributed by atoms with Gasteiger partial charge in [0.25, 0.3) is 0 Å². The van der Waals surface area contributed by atoms with Gasteiger partial charge in [-0.05, 0) is 17.0 Å². The topological polar surface area (TPSA) is 67.2 Å². The van der Waals surface area contributed by atoms with Gasteiger partial charge in [-0.2, -0.15) is 13.7 Å². The summed E-state index contributed by atoms with van der Waals surface area (Å²) in [5, 5.41) is 9.48. The Kier molecular flexibility index (Phi) is 4.00. The van der Waals surface area contributed by atoms with Crippen molar-refractivity contribution in [3.8, 4) is 11.8 Å². The lowest BCUT2D eigenvalue weighted by Crippen LogP contribution is -2.18. The average Bonchev–Trinajstić information content (AvgIpc) is 2.56. The van der Waals surface area contributed by atoms with E-state index in [-0.39, 0.29) is 5.75 Å². The van der Waals surface area contributed by atoms with Crippen LogP contribution in [-0.2, 0) is 10.1 Å². The second-order valence-electron chi connectivity index (χ2n) is 4.97. The zero-order valence-corrected chi connectivity index (χ0v) is 12.9. The molecule has 1 atom stereocenters. The first-order chi connectivity index (χ1) is 11.1. The van der Waals surface area contributed by atoms with Crippen LogP contribution in [0.4, 0.5) is 0 Å². The van der Waals surface area contributed by atoms with E-state index in [9.17, 15) is 13.7 Å². The molecule has 1 unspecified atom stereocenters. The van der Waals surface area contributed by atoms with Gasteiger partial charge in [0.2, 0.25) is 5.25 Å². The van der Waals surface area contributed by atoms with E-state index in [4.69, 9.17) is 4.18 Å². The van der Waals surface area contributed by atoms with Gasteiger partial charge in [0.05, 0.1) is 6.07 Å². The van der Waals surface area contributed by atoms with Crippen molar-refractivity contribution in [1.29, 1.82) is 5.26 Å². The fourth-order valence-electron chi connectivity index (χ4n) is 2.38. The summed E-state index contributed by atoms with van der Waals surface area (Å²) < 4.78 is 30.3. The van der Waals surface area contributed by atoms with Crippen LogP contribution in [0.3, 0.4) is 0 Å². The van der Waals surface area contributed by atoms with Crippen molar-refractivity contribution in [2.75, 3.05) is 0 Å². The molecule has 3 aromatic carbocycles. The minimum Gasteiger partial charge on any atom is -0.381 e. The van der Waals surface area contributed by atoms with Gasteiger partial charge in [-0.1, -0.05) is 66.7 Å². The van der Waals surface area contributed by atoms with E-state index in [1.54, 1.807) is 54.6 Å². The molecule has 0 fully saturated rings. The lowest BCUT2D eigenvalue weighted by atomic mass is 10.1. The zero-order valence-electron chi connectivity index (χ0n) is 12.1. The summed E-state index contributed by atoms with van der Waals surface area (Å²) in [5.41, 5.74) is 0.384. The summed E-state index contributed by atoms with van der Waals surface area (Å²) in [6.45, 7) is 0. The minimum absolute atomic E-state index is 0.222. The Hall–Kier alpha value is -2.84. The normalized spacial score (nSPS) is 12.5. The number of nitriles is 1. The summed E-state index contributed by atoms with van der Waals surface area (Å²) in [6, 6.07) is 22.6. The summed E-state index contributed by atoms with van der Waals surface area (Å²) >= 11 is 0. The van der Waals surface area contributed by atoms with Gasteiger partial charge < -0.3 is 4.18 Å². The molecule has 114 valence electrons. The van der Waals surface area contributed by atoms with Crippen LogP contribution >= 0.6 is 0 Å². The molecule has 0 aliphatic heterocycles. The van der Waals surface area contributed by atoms with Gasteiger partial charge in [-0.15, -0.1) is 0 Å².